The van der Waals surface area contributed by atoms with Crippen LogP contribution < -0.4 is 4.90 Å². The van der Waals surface area contributed by atoms with E-state index >= 15 is 0 Å². The summed E-state index contributed by atoms with van der Waals surface area (Å²) in [5.74, 6) is 1.70. The van der Waals surface area contributed by atoms with Gasteiger partial charge in [-0.05, 0) is 38.3 Å². The first kappa shape index (κ1) is 17.7. The Hall–Kier alpha value is -3.41. The molecule has 0 radical (unpaired) electrons. The van der Waals surface area contributed by atoms with Crippen LogP contribution in [0.4, 0.5) is 5.69 Å². The van der Waals surface area contributed by atoms with Crippen LogP contribution >= 0.6 is 0 Å². The SMILES string of the molecule is Cc1ccc2c(c1)CCCN2Cc1nnc(-c2c(-c3ccccc3)noc2C)o1. The zero-order valence-corrected chi connectivity index (χ0v) is 16.6. The summed E-state index contributed by atoms with van der Waals surface area (Å²) >= 11 is 0. The van der Waals surface area contributed by atoms with Crippen LogP contribution in [-0.4, -0.2) is 21.9 Å². The summed E-state index contributed by atoms with van der Waals surface area (Å²) in [5.41, 5.74) is 6.37. The van der Waals surface area contributed by atoms with Crippen molar-refractivity contribution in [1.82, 2.24) is 15.4 Å². The molecule has 1 aliphatic rings. The summed E-state index contributed by atoms with van der Waals surface area (Å²) in [6.45, 7) is 5.57. The number of aromatic nitrogens is 3. The first-order valence-corrected chi connectivity index (χ1v) is 9.88. The molecule has 6 nitrogen and oxygen atoms in total. The quantitative estimate of drug-likeness (QED) is 0.494. The van der Waals surface area contributed by atoms with E-state index in [1.54, 1.807) is 0 Å². The molecule has 2 aromatic carbocycles. The zero-order valence-electron chi connectivity index (χ0n) is 16.6. The van der Waals surface area contributed by atoms with Gasteiger partial charge >= 0.3 is 0 Å². The van der Waals surface area contributed by atoms with Crippen molar-refractivity contribution in [1.29, 1.82) is 0 Å². The van der Waals surface area contributed by atoms with Gasteiger partial charge < -0.3 is 13.8 Å². The normalized spacial score (nSPS) is 13.5. The molecule has 0 fully saturated rings. The summed E-state index contributed by atoms with van der Waals surface area (Å²) in [7, 11) is 0. The third-order valence-corrected chi connectivity index (χ3v) is 5.37. The van der Waals surface area contributed by atoms with Crippen LogP contribution in [0.25, 0.3) is 22.7 Å². The van der Waals surface area contributed by atoms with Crippen LogP contribution in [0, 0.1) is 13.8 Å². The number of hydrogen-bond donors (Lipinski definition) is 0. The maximum Gasteiger partial charge on any atom is 0.253 e. The van der Waals surface area contributed by atoms with Gasteiger partial charge in [0, 0.05) is 17.8 Å². The van der Waals surface area contributed by atoms with E-state index in [-0.39, 0.29) is 0 Å². The van der Waals surface area contributed by atoms with Gasteiger partial charge in [0.25, 0.3) is 5.89 Å². The van der Waals surface area contributed by atoms with Crippen LogP contribution in [0.5, 0.6) is 0 Å². The molecule has 2 aromatic heterocycles. The average molecular weight is 386 g/mol. The van der Waals surface area contributed by atoms with Crippen LogP contribution in [-0.2, 0) is 13.0 Å². The Labute approximate surface area is 169 Å². The second kappa shape index (κ2) is 7.20. The van der Waals surface area contributed by atoms with Crippen molar-refractivity contribution >= 4 is 5.69 Å². The van der Waals surface area contributed by atoms with Gasteiger partial charge in [-0.2, -0.15) is 0 Å². The minimum atomic E-state index is 0.443. The van der Waals surface area contributed by atoms with Crippen LogP contribution in [0.2, 0.25) is 0 Å². The molecule has 3 heterocycles. The Balaban J connectivity index is 1.44. The van der Waals surface area contributed by atoms with Gasteiger partial charge in [0.05, 0.1) is 6.54 Å². The summed E-state index contributed by atoms with van der Waals surface area (Å²) in [4.78, 5) is 2.31. The molecule has 6 heteroatoms. The molecular weight excluding hydrogens is 364 g/mol. The number of rotatable bonds is 4. The fourth-order valence-corrected chi connectivity index (χ4v) is 3.97. The summed E-state index contributed by atoms with van der Waals surface area (Å²) in [6, 6.07) is 16.5. The molecule has 0 aliphatic carbocycles. The maximum absolute atomic E-state index is 6.05. The number of aryl methyl sites for hydroxylation is 3. The monoisotopic (exact) mass is 386 g/mol. The smallest absolute Gasteiger partial charge is 0.253 e. The standard InChI is InChI=1S/C23H22N4O2/c1-15-10-11-19-18(13-15)9-6-12-27(19)14-20-24-25-23(28-20)21-16(2)29-26-22(21)17-7-4-3-5-8-17/h3-5,7-8,10-11,13H,6,9,12,14H2,1-2H3. The Morgan fingerprint density at radius 1 is 1.03 bits per heavy atom. The minimum Gasteiger partial charge on any atom is -0.419 e. The lowest BCUT2D eigenvalue weighted by molar-refractivity contribution is 0.399. The average Bonchev–Trinajstić information content (AvgIpc) is 3.34. The highest BCUT2D eigenvalue weighted by Gasteiger charge is 2.24. The Morgan fingerprint density at radius 2 is 1.90 bits per heavy atom. The van der Waals surface area contributed by atoms with Crippen LogP contribution in [0.15, 0.2) is 57.5 Å². The lowest BCUT2D eigenvalue weighted by atomic mass is 10.00. The third-order valence-electron chi connectivity index (χ3n) is 5.37. The molecule has 0 N–H and O–H groups in total. The highest BCUT2D eigenvalue weighted by Crippen LogP contribution is 2.34. The molecule has 146 valence electrons. The molecule has 0 unspecified atom stereocenters. The molecule has 0 atom stereocenters. The Morgan fingerprint density at radius 3 is 2.76 bits per heavy atom. The molecule has 4 aromatic rings. The summed E-state index contributed by atoms with van der Waals surface area (Å²) in [5, 5.41) is 12.8. The summed E-state index contributed by atoms with van der Waals surface area (Å²) in [6.07, 6.45) is 2.24. The Bertz CT molecular complexity index is 1150. The number of anilines is 1. The molecule has 0 bridgehead atoms. The van der Waals surface area contributed by atoms with Crippen molar-refractivity contribution < 1.29 is 8.94 Å². The van der Waals surface area contributed by atoms with Gasteiger partial charge in [-0.15, -0.1) is 10.2 Å². The van der Waals surface area contributed by atoms with E-state index in [1.165, 1.54) is 16.8 Å². The number of hydrogen-bond acceptors (Lipinski definition) is 6. The van der Waals surface area contributed by atoms with Crippen LogP contribution in [0.3, 0.4) is 0 Å². The van der Waals surface area contributed by atoms with Crippen molar-refractivity contribution in [3.05, 3.63) is 71.3 Å². The van der Waals surface area contributed by atoms with Gasteiger partial charge in [0.2, 0.25) is 5.89 Å². The number of fused-ring (bicyclic) bond motifs is 1. The molecule has 1 aliphatic heterocycles. The largest absolute Gasteiger partial charge is 0.419 e. The molecule has 0 saturated heterocycles. The van der Waals surface area contributed by atoms with Crippen molar-refractivity contribution in [2.24, 2.45) is 0 Å². The molecule has 29 heavy (non-hydrogen) atoms. The predicted molar refractivity (Wildman–Crippen MR) is 111 cm³/mol. The first-order valence-electron chi connectivity index (χ1n) is 9.88. The van der Waals surface area contributed by atoms with Crippen molar-refractivity contribution in [3.8, 4) is 22.7 Å². The number of benzene rings is 2. The molecule has 0 spiro atoms. The van der Waals surface area contributed by atoms with Crippen molar-refractivity contribution in [3.63, 3.8) is 0 Å². The molecular formula is C23H22N4O2. The molecule has 5 rings (SSSR count). The topological polar surface area (TPSA) is 68.2 Å². The minimum absolute atomic E-state index is 0.443. The van der Waals surface area contributed by atoms with Gasteiger partial charge in [0.15, 0.2) is 0 Å². The predicted octanol–water partition coefficient (Wildman–Crippen LogP) is 4.96. The van der Waals surface area contributed by atoms with E-state index in [1.807, 2.05) is 37.3 Å². The maximum atomic E-state index is 6.05. The lowest BCUT2D eigenvalue weighted by Crippen LogP contribution is -2.29. The van der Waals surface area contributed by atoms with Crippen LogP contribution in [0.1, 0.15) is 29.2 Å². The van der Waals surface area contributed by atoms with E-state index in [4.69, 9.17) is 8.94 Å². The van der Waals surface area contributed by atoms with E-state index in [0.29, 0.717) is 24.1 Å². The highest BCUT2D eigenvalue weighted by molar-refractivity contribution is 5.77. The molecule has 0 amide bonds. The van der Waals surface area contributed by atoms with E-state index in [0.717, 1.165) is 36.2 Å². The van der Waals surface area contributed by atoms with Crippen molar-refractivity contribution in [2.75, 3.05) is 11.4 Å². The zero-order chi connectivity index (χ0) is 19.8. The highest BCUT2D eigenvalue weighted by atomic mass is 16.5. The van der Waals surface area contributed by atoms with E-state index in [9.17, 15) is 0 Å². The van der Waals surface area contributed by atoms with E-state index in [2.05, 4.69) is 45.4 Å². The van der Waals surface area contributed by atoms with Gasteiger partial charge in [-0.3, -0.25) is 0 Å². The van der Waals surface area contributed by atoms with Gasteiger partial charge in [-0.1, -0.05) is 53.2 Å². The second-order valence-electron chi connectivity index (χ2n) is 7.49. The fraction of sp³-hybridized carbons (Fsp3) is 0.261. The van der Waals surface area contributed by atoms with Crippen molar-refractivity contribution in [2.45, 2.75) is 33.2 Å². The first-order chi connectivity index (χ1) is 14.2. The van der Waals surface area contributed by atoms with Gasteiger partial charge in [0.1, 0.15) is 17.0 Å². The fourth-order valence-electron chi connectivity index (χ4n) is 3.97. The molecule has 0 saturated carbocycles. The van der Waals surface area contributed by atoms with Gasteiger partial charge in [-0.25, -0.2) is 0 Å². The third kappa shape index (κ3) is 3.31. The number of nitrogens with zero attached hydrogens (tertiary/aromatic N) is 4. The van der Waals surface area contributed by atoms with E-state index < -0.39 is 0 Å². The lowest BCUT2D eigenvalue weighted by Gasteiger charge is -2.30. The second-order valence-corrected chi connectivity index (χ2v) is 7.49. The Kier molecular flexibility index (Phi) is 4.39. The summed E-state index contributed by atoms with van der Waals surface area (Å²) < 4.78 is 11.5.